The molecule has 1 heterocycles. The third-order valence-corrected chi connectivity index (χ3v) is 3.37. The fourth-order valence-electron chi connectivity index (χ4n) is 2.07. The number of ether oxygens (including phenoxy) is 2. The molecule has 0 bridgehead atoms. The predicted molar refractivity (Wildman–Crippen MR) is 79.6 cm³/mol. The number of nitrogens with zero attached hydrogens (tertiary/aromatic N) is 1. The molecular formula is C15H19ClFNO4. The molecule has 1 aliphatic rings. The minimum absolute atomic E-state index is 0.00491. The molecule has 1 fully saturated rings. The zero-order chi connectivity index (χ0) is 16.5. The van der Waals surface area contributed by atoms with Gasteiger partial charge in [0.25, 0.3) is 0 Å². The quantitative estimate of drug-likeness (QED) is 0.905. The summed E-state index contributed by atoms with van der Waals surface area (Å²) in [5, 5.41) is 9.99. The van der Waals surface area contributed by atoms with Crippen molar-refractivity contribution in [2.45, 2.75) is 38.6 Å². The number of halogens is 2. The second kappa shape index (κ2) is 6.30. The van der Waals surface area contributed by atoms with Gasteiger partial charge in [0.15, 0.2) is 0 Å². The van der Waals surface area contributed by atoms with Crippen LogP contribution in [0.4, 0.5) is 9.18 Å². The van der Waals surface area contributed by atoms with Gasteiger partial charge in [0.05, 0.1) is 18.1 Å². The fraction of sp³-hybridized carbons (Fsp3) is 0.533. The van der Waals surface area contributed by atoms with Crippen molar-refractivity contribution >= 4 is 17.7 Å². The lowest BCUT2D eigenvalue weighted by Crippen LogP contribution is -2.36. The lowest BCUT2D eigenvalue weighted by molar-refractivity contribution is 0.0268. The Labute approximate surface area is 133 Å². The number of hydrogen-bond donors (Lipinski definition) is 1. The average molecular weight is 332 g/mol. The molecule has 0 spiro atoms. The van der Waals surface area contributed by atoms with Gasteiger partial charge in [-0.25, -0.2) is 9.18 Å². The molecule has 1 amide bonds. The van der Waals surface area contributed by atoms with Crippen LogP contribution in [0.2, 0.25) is 5.02 Å². The summed E-state index contributed by atoms with van der Waals surface area (Å²) in [5.41, 5.74) is -0.611. The maximum absolute atomic E-state index is 13.4. The summed E-state index contributed by atoms with van der Waals surface area (Å²) in [6.45, 7) is 5.57. The van der Waals surface area contributed by atoms with Crippen molar-refractivity contribution in [3.8, 4) is 5.75 Å². The number of rotatable bonds is 2. The number of hydrogen-bond acceptors (Lipinski definition) is 4. The van der Waals surface area contributed by atoms with Crippen LogP contribution in [-0.2, 0) is 4.74 Å². The van der Waals surface area contributed by atoms with Gasteiger partial charge >= 0.3 is 6.09 Å². The van der Waals surface area contributed by atoms with E-state index in [1.807, 2.05) is 0 Å². The zero-order valence-electron chi connectivity index (χ0n) is 12.7. The van der Waals surface area contributed by atoms with Crippen molar-refractivity contribution in [2.24, 2.45) is 0 Å². The lowest BCUT2D eigenvalue weighted by Gasteiger charge is -2.24. The molecular weight excluding hydrogens is 313 g/mol. The molecule has 7 heteroatoms. The van der Waals surface area contributed by atoms with Gasteiger partial charge < -0.3 is 19.5 Å². The second-order valence-electron chi connectivity index (χ2n) is 6.18. The minimum atomic E-state index is -0.869. The molecule has 1 aliphatic heterocycles. The molecule has 1 N–H and O–H groups in total. The maximum atomic E-state index is 13.4. The molecule has 0 aliphatic carbocycles. The Kier molecular flexibility index (Phi) is 4.82. The number of benzene rings is 1. The fourth-order valence-corrected chi connectivity index (χ4v) is 2.19. The molecule has 1 aromatic rings. The highest BCUT2D eigenvalue weighted by molar-refractivity contribution is 6.30. The molecule has 2 atom stereocenters. The Morgan fingerprint density at radius 3 is 2.68 bits per heavy atom. The molecule has 1 saturated heterocycles. The van der Waals surface area contributed by atoms with E-state index < -0.39 is 29.7 Å². The Morgan fingerprint density at radius 1 is 1.41 bits per heavy atom. The van der Waals surface area contributed by atoms with E-state index in [2.05, 4.69) is 0 Å². The highest BCUT2D eigenvalue weighted by Crippen LogP contribution is 2.24. The van der Waals surface area contributed by atoms with Crippen LogP contribution in [-0.4, -0.2) is 47.0 Å². The summed E-state index contributed by atoms with van der Waals surface area (Å²) < 4.78 is 24.2. The van der Waals surface area contributed by atoms with Crippen molar-refractivity contribution in [3.63, 3.8) is 0 Å². The monoisotopic (exact) mass is 331 g/mol. The molecule has 22 heavy (non-hydrogen) atoms. The smallest absolute Gasteiger partial charge is 0.410 e. The number of likely N-dealkylation sites (tertiary alicyclic amines) is 1. The van der Waals surface area contributed by atoms with E-state index in [0.29, 0.717) is 0 Å². The Morgan fingerprint density at radius 2 is 2.09 bits per heavy atom. The number of aliphatic hydroxyl groups excluding tert-OH is 1. The van der Waals surface area contributed by atoms with Crippen molar-refractivity contribution in [3.05, 3.63) is 29.0 Å². The van der Waals surface area contributed by atoms with Crippen molar-refractivity contribution in [1.82, 2.24) is 4.90 Å². The van der Waals surface area contributed by atoms with Gasteiger partial charge in [-0.1, -0.05) is 11.6 Å². The summed E-state index contributed by atoms with van der Waals surface area (Å²) in [6.07, 6.45) is -2.03. The van der Waals surface area contributed by atoms with Crippen molar-refractivity contribution in [1.29, 1.82) is 0 Å². The van der Waals surface area contributed by atoms with Gasteiger partial charge in [0.2, 0.25) is 0 Å². The standard InChI is InChI=1S/C15H19ClFNO4/c1-15(2,3)22-14(20)18-7-12(19)13(8-18)21-9-4-5-10(16)11(17)6-9/h4-6,12-13,19H,7-8H2,1-3H3. The van der Waals surface area contributed by atoms with Crippen molar-refractivity contribution in [2.75, 3.05) is 13.1 Å². The van der Waals surface area contributed by atoms with E-state index in [1.165, 1.54) is 17.0 Å². The van der Waals surface area contributed by atoms with Crippen LogP contribution < -0.4 is 4.74 Å². The SMILES string of the molecule is CC(C)(C)OC(=O)N1CC(O)C(Oc2ccc(Cl)c(F)c2)C1. The van der Waals surface area contributed by atoms with E-state index in [1.54, 1.807) is 20.8 Å². The van der Waals surface area contributed by atoms with E-state index in [9.17, 15) is 14.3 Å². The zero-order valence-corrected chi connectivity index (χ0v) is 13.4. The highest BCUT2D eigenvalue weighted by Gasteiger charge is 2.37. The minimum Gasteiger partial charge on any atom is -0.486 e. The maximum Gasteiger partial charge on any atom is 0.410 e. The van der Waals surface area contributed by atoms with Gasteiger partial charge in [0, 0.05) is 6.07 Å². The molecule has 0 aromatic heterocycles. The Hall–Kier alpha value is -1.53. The Balaban J connectivity index is 1.99. The molecule has 0 radical (unpaired) electrons. The summed E-state index contributed by atoms with van der Waals surface area (Å²) >= 11 is 5.60. The van der Waals surface area contributed by atoms with Gasteiger partial charge in [-0.05, 0) is 32.9 Å². The van der Waals surface area contributed by atoms with Gasteiger partial charge in [-0.2, -0.15) is 0 Å². The number of carbonyl (C=O) groups is 1. The molecule has 2 rings (SSSR count). The normalized spacial score (nSPS) is 21.8. The largest absolute Gasteiger partial charge is 0.486 e. The summed E-state index contributed by atoms with van der Waals surface area (Å²) in [7, 11) is 0. The first kappa shape index (κ1) is 16.8. The highest BCUT2D eigenvalue weighted by atomic mass is 35.5. The second-order valence-corrected chi connectivity index (χ2v) is 6.59. The molecule has 5 nitrogen and oxygen atoms in total. The van der Waals surface area contributed by atoms with Crippen LogP contribution in [0.3, 0.4) is 0 Å². The number of aliphatic hydroxyl groups is 1. The van der Waals surface area contributed by atoms with Crippen LogP contribution in [0.15, 0.2) is 18.2 Å². The van der Waals surface area contributed by atoms with Crippen LogP contribution in [0.25, 0.3) is 0 Å². The van der Waals surface area contributed by atoms with Crippen LogP contribution in [0.5, 0.6) is 5.75 Å². The summed E-state index contributed by atoms with van der Waals surface area (Å²) in [4.78, 5) is 13.3. The van der Waals surface area contributed by atoms with Crippen LogP contribution in [0.1, 0.15) is 20.8 Å². The Bertz CT molecular complexity index is 561. The van der Waals surface area contributed by atoms with Gasteiger partial charge in [-0.15, -0.1) is 0 Å². The summed E-state index contributed by atoms with van der Waals surface area (Å²) in [5.74, 6) is -0.354. The van der Waals surface area contributed by atoms with E-state index in [4.69, 9.17) is 21.1 Å². The van der Waals surface area contributed by atoms with Crippen molar-refractivity contribution < 1.29 is 23.8 Å². The third-order valence-electron chi connectivity index (χ3n) is 3.07. The predicted octanol–water partition coefficient (Wildman–Crippen LogP) is 2.84. The first-order chi connectivity index (χ1) is 10.2. The van der Waals surface area contributed by atoms with Gasteiger partial charge in [0.1, 0.15) is 29.4 Å². The topological polar surface area (TPSA) is 59.0 Å². The molecule has 0 saturated carbocycles. The molecule has 1 aromatic carbocycles. The number of carbonyl (C=O) groups excluding carboxylic acids is 1. The van der Waals surface area contributed by atoms with Gasteiger partial charge in [-0.3, -0.25) is 0 Å². The first-order valence-electron chi connectivity index (χ1n) is 6.93. The molecule has 122 valence electrons. The lowest BCUT2D eigenvalue weighted by atomic mass is 10.2. The molecule has 2 unspecified atom stereocenters. The first-order valence-corrected chi connectivity index (χ1v) is 7.31. The number of amides is 1. The van der Waals surface area contributed by atoms with Crippen LogP contribution >= 0.6 is 11.6 Å². The summed E-state index contributed by atoms with van der Waals surface area (Å²) in [6, 6.07) is 4.03. The number of β-amino-alcohol motifs (C(OH)–C–C–N with tert-alkyl or cyclic N) is 1. The average Bonchev–Trinajstić information content (AvgIpc) is 2.74. The van der Waals surface area contributed by atoms with E-state index in [0.717, 1.165) is 6.07 Å². The van der Waals surface area contributed by atoms with E-state index in [-0.39, 0.29) is 23.9 Å². The third kappa shape index (κ3) is 4.24. The van der Waals surface area contributed by atoms with Crippen LogP contribution in [0, 0.1) is 5.82 Å². The van der Waals surface area contributed by atoms with E-state index >= 15 is 0 Å².